The number of nitrogens with zero attached hydrogens (tertiary/aromatic N) is 3. The van der Waals surface area contributed by atoms with Crippen molar-refractivity contribution in [1.29, 1.82) is 0 Å². The fraction of sp³-hybridized carbons (Fsp3) is 0.588. The van der Waals surface area contributed by atoms with Crippen LogP contribution in [0.15, 0.2) is 18.2 Å². The van der Waals surface area contributed by atoms with E-state index in [9.17, 15) is 14.9 Å². The summed E-state index contributed by atoms with van der Waals surface area (Å²) in [6, 6.07) is 5.20. The van der Waals surface area contributed by atoms with Gasteiger partial charge in [-0.3, -0.25) is 19.8 Å². The Morgan fingerprint density at radius 3 is 2.71 bits per heavy atom. The smallest absolute Gasteiger partial charge is 0.293 e. The molecule has 1 aromatic rings. The van der Waals surface area contributed by atoms with E-state index in [-0.39, 0.29) is 16.4 Å². The van der Waals surface area contributed by atoms with Gasteiger partial charge in [-0.2, -0.15) is 0 Å². The molecular formula is C17H23N3O4. The van der Waals surface area contributed by atoms with Crippen molar-refractivity contribution in [2.24, 2.45) is 0 Å². The number of nitro groups is 1. The molecule has 0 radical (unpaired) electrons. The van der Waals surface area contributed by atoms with E-state index < -0.39 is 0 Å². The highest BCUT2D eigenvalue weighted by atomic mass is 16.6. The third kappa shape index (κ3) is 3.57. The van der Waals surface area contributed by atoms with Gasteiger partial charge in [0.1, 0.15) is 5.69 Å². The molecule has 2 heterocycles. The number of carbonyl (C=O) groups excluding carboxylic acids is 1. The first-order valence-corrected chi connectivity index (χ1v) is 8.42. The third-order valence-electron chi connectivity index (χ3n) is 4.88. The van der Waals surface area contributed by atoms with E-state index in [4.69, 9.17) is 4.74 Å². The van der Waals surface area contributed by atoms with Crippen molar-refractivity contribution in [1.82, 2.24) is 4.90 Å². The second-order valence-corrected chi connectivity index (χ2v) is 6.41. The van der Waals surface area contributed by atoms with Gasteiger partial charge >= 0.3 is 0 Å². The highest BCUT2D eigenvalue weighted by molar-refractivity contribution is 5.95. The van der Waals surface area contributed by atoms with E-state index in [1.807, 2.05) is 0 Å². The van der Waals surface area contributed by atoms with E-state index in [1.54, 1.807) is 12.1 Å². The molecule has 0 saturated carbocycles. The normalized spacial score (nSPS) is 22.4. The van der Waals surface area contributed by atoms with Crippen LogP contribution in [0.4, 0.5) is 11.4 Å². The molecule has 7 heteroatoms. The first-order valence-electron chi connectivity index (χ1n) is 8.42. The van der Waals surface area contributed by atoms with Crippen molar-refractivity contribution in [3.05, 3.63) is 33.9 Å². The lowest BCUT2D eigenvalue weighted by Gasteiger charge is -2.41. The number of morpholine rings is 1. The maximum Gasteiger partial charge on any atom is 0.293 e. The lowest BCUT2D eigenvalue weighted by Crippen LogP contribution is -2.51. The number of ether oxygens (including phenoxy) is 1. The number of nitro benzene ring substituents is 1. The van der Waals surface area contributed by atoms with Crippen LogP contribution >= 0.6 is 0 Å². The number of hydrogen-bond acceptors (Lipinski definition) is 6. The lowest BCUT2D eigenvalue weighted by molar-refractivity contribution is -0.384. The number of Topliss-reactive ketones (excluding diaryl/α,β-unsaturated/α-hetero) is 1. The summed E-state index contributed by atoms with van der Waals surface area (Å²) in [7, 11) is 0. The Balaban J connectivity index is 1.82. The zero-order valence-corrected chi connectivity index (χ0v) is 13.9. The highest BCUT2D eigenvalue weighted by Crippen LogP contribution is 2.32. The minimum atomic E-state index is -0.389. The monoisotopic (exact) mass is 333 g/mol. The zero-order valence-electron chi connectivity index (χ0n) is 13.9. The van der Waals surface area contributed by atoms with Crippen LogP contribution in [0.3, 0.4) is 0 Å². The summed E-state index contributed by atoms with van der Waals surface area (Å²) in [5.74, 6) is -0.158. The van der Waals surface area contributed by atoms with Crippen LogP contribution < -0.4 is 4.90 Å². The van der Waals surface area contributed by atoms with Gasteiger partial charge in [-0.05, 0) is 31.9 Å². The molecule has 1 aromatic carbocycles. The molecule has 2 aliphatic heterocycles. The van der Waals surface area contributed by atoms with Crippen LogP contribution in [0.2, 0.25) is 0 Å². The van der Waals surface area contributed by atoms with Crippen LogP contribution in [0, 0.1) is 10.1 Å². The number of benzene rings is 1. The largest absolute Gasteiger partial charge is 0.379 e. The van der Waals surface area contributed by atoms with Crippen LogP contribution in [0.1, 0.15) is 30.1 Å². The Kier molecular flexibility index (Phi) is 5.11. The number of hydrogen-bond donors (Lipinski definition) is 0. The van der Waals surface area contributed by atoms with Gasteiger partial charge in [0, 0.05) is 43.9 Å². The van der Waals surface area contributed by atoms with Gasteiger partial charge in [0.05, 0.1) is 18.1 Å². The number of carbonyl (C=O) groups is 1. The first-order chi connectivity index (χ1) is 11.6. The summed E-state index contributed by atoms with van der Waals surface area (Å²) in [4.78, 5) is 27.1. The number of ketones is 1. The van der Waals surface area contributed by atoms with Crippen molar-refractivity contribution in [2.75, 3.05) is 44.3 Å². The molecule has 0 bridgehead atoms. The number of piperidine rings is 1. The molecule has 0 aliphatic carbocycles. The summed E-state index contributed by atoms with van der Waals surface area (Å²) in [5, 5.41) is 11.5. The Morgan fingerprint density at radius 1 is 1.29 bits per heavy atom. The molecule has 2 saturated heterocycles. The van der Waals surface area contributed by atoms with Gasteiger partial charge in [-0.1, -0.05) is 0 Å². The summed E-state index contributed by atoms with van der Waals surface area (Å²) >= 11 is 0. The minimum absolute atomic E-state index is 0.0188. The molecule has 0 N–H and O–H groups in total. The van der Waals surface area contributed by atoms with Crippen LogP contribution in [0.25, 0.3) is 0 Å². The molecule has 0 spiro atoms. The maximum absolute atomic E-state index is 11.5. The lowest BCUT2D eigenvalue weighted by atomic mass is 10.0. The van der Waals surface area contributed by atoms with Crippen LogP contribution in [-0.4, -0.2) is 61.0 Å². The van der Waals surface area contributed by atoms with Crippen molar-refractivity contribution < 1.29 is 14.5 Å². The second-order valence-electron chi connectivity index (χ2n) is 6.41. The molecule has 3 rings (SSSR count). The average molecular weight is 333 g/mol. The fourth-order valence-corrected chi connectivity index (χ4v) is 3.57. The highest BCUT2D eigenvalue weighted by Gasteiger charge is 2.29. The van der Waals surface area contributed by atoms with Crippen molar-refractivity contribution in [3.63, 3.8) is 0 Å². The van der Waals surface area contributed by atoms with Gasteiger partial charge in [-0.15, -0.1) is 0 Å². The maximum atomic E-state index is 11.5. The van der Waals surface area contributed by atoms with E-state index in [0.29, 0.717) is 17.3 Å². The van der Waals surface area contributed by atoms with Crippen molar-refractivity contribution in [2.45, 2.75) is 25.8 Å². The SMILES string of the molecule is CC(=O)c1ccc(N2CCC[C@@H](N3CCOCC3)C2)c([N+](=O)[O-])c1. The summed E-state index contributed by atoms with van der Waals surface area (Å²) in [5.41, 5.74) is 1.01. The van der Waals surface area contributed by atoms with Gasteiger partial charge in [-0.25, -0.2) is 0 Å². The number of rotatable bonds is 4. The Bertz CT molecular complexity index is 628. The second kappa shape index (κ2) is 7.27. The topological polar surface area (TPSA) is 75.9 Å². The molecule has 0 unspecified atom stereocenters. The first kappa shape index (κ1) is 16.9. The minimum Gasteiger partial charge on any atom is -0.379 e. The van der Waals surface area contributed by atoms with Crippen LogP contribution in [-0.2, 0) is 4.74 Å². The van der Waals surface area contributed by atoms with Gasteiger partial charge in [0.25, 0.3) is 5.69 Å². The molecule has 0 aromatic heterocycles. The Hall–Kier alpha value is -1.99. The summed E-state index contributed by atoms with van der Waals surface area (Å²) in [6.45, 7) is 6.36. The summed E-state index contributed by atoms with van der Waals surface area (Å²) < 4.78 is 5.41. The Labute approximate surface area is 141 Å². The predicted molar refractivity (Wildman–Crippen MR) is 90.7 cm³/mol. The van der Waals surface area contributed by atoms with E-state index in [1.165, 1.54) is 13.0 Å². The Morgan fingerprint density at radius 2 is 2.04 bits per heavy atom. The third-order valence-corrected chi connectivity index (χ3v) is 4.88. The van der Waals surface area contributed by atoms with Crippen molar-refractivity contribution in [3.8, 4) is 0 Å². The van der Waals surface area contributed by atoms with E-state index in [2.05, 4.69) is 9.80 Å². The van der Waals surface area contributed by atoms with E-state index >= 15 is 0 Å². The molecular weight excluding hydrogens is 310 g/mol. The quantitative estimate of drug-likeness (QED) is 0.477. The average Bonchev–Trinajstić information content (AvgIpc) is 2.62. The molecule has 7 nitrogen and oxygen atoms in total. The standard InChI is InChI=1S/C17H23N3O4/c1-13(21)14-4-5-16(17(11-14)20(22)23)19-6-2-3-15(12-19)18-7-9-24-10-8-18/h4-5,11,15H,2-3,6-10,12H2,1H3/t15-/m1/s1. The molecule has 0 amide bonds. The van der Waals surface area contributed by atoms with Gasteiger partial charge in [0.2, 0.25) is 0 Å². The molecule has 2 aliphatic rings. The van der Waals surface area contributed by atoms with Gasteiger partial charge in [0.15, 0.2) is 5.78 Å². The molecule has 24 heavy (non-hydrogen) atoms. The molecule has 1 atom stereocenters. The van der Waals surface area contributed by atoms with Crippen LogP contribution in [0.5, 0.6) is 0 Å². The predicted octanol–water partition coefficient (Wildman–Crippen LogP) is 2.10. The number of anilines is 1. The fourth-order valence-electron chi connectivity index (χ4n) is 3.57. The zero-order chi connectivity index (χ0) is 17.1. The van der Waals surface area contributed by atoms with Crippen molar-refractivity contribution >= 4 is 17.2 Å². The van der Waals surface area contributed by atoms with Gasteiger partial charge < -0.3 is 9.64 Å². The molecule has 130 valence electrons. The van der Waals surface area contributed by atoms with E-state index in [0.717, 1.165) is 52.2 Å². The summed E-state index contributed by atoms with van der Waals surface area (Å²) in [6.07, 6.45) is 2.11. The molecule has 2 fully saturated rings.